The average Bonchev–Trinajstić information content (AvgIpc) is 2.27. The molecule has 0 radical (unpaired) electrons. The number of alkyl halides is 2. The van der Waals surface area contributed by atoms with E-state index in [1.165, 1.54) is 19.2 Å². The van der Waals surface area contributed by atoms with Crippen molar-refractivity contribution in [3.63, 3.8) is 0 Å². The predicted octanol–water partition coefficient (Wildman–Crippen LogP) is 2.99. The normalized spacial score (nSPS) is 12.9. The van der Waals surface area contributed by atoms with Crippen molar-refractivity contribution in [3.8, 4) is 11.5 Å². The minimum Gasteiger partial charge on any atom is -0.493 e. The molecule has 3 nitrogen and oxygen atoms in total. The fraction of sp³-hybridized carbons (Fsp3) is 0.500. The van der Waals surface area contributed by atoms with Crippen molar-refractivity contribution in [2.75, 3.05) is 7.11 Å². The second kappa shape index (κ2) is 5.82. The molecular formula is C12H16F2O3. The Hall–Kier alpha value is -1.36. The summed E-state index contributed by atoms with van der Waals surface area (Å²) in [5.41, 5.74) is 0.524. The Labute approximate surface area is 99.0 Å². The molecule has 1 aromatic rings. The van der Waals surface area contributed by atoms with Crippen LogP contribution in [-0.2, 0) is 0 Å². The molecule has 5 heteroatoms. The highest BCUT2D eigenvalue weighted by Gasteiger charge is 2.16. The molecule has 0 spiro atoms. The second-order valence-corrected chi connectivity index (χ2v) is 3.98. The third-order valence-corrected chi connectivity index (χ3v) is 2.38. The van der Waals surface area contributed by atoms with Gasteiger partial charge in [0.1, 0.15) is 0 Å². The lowest BCUT2D eigenvalue weighted by Gasteiger charge is -2.17. The van der Waals surface area contributed by atoms with E-state index in [-0.39, 0.29) is 17.4 Å². The van der Waals surface area contributed by atoms with E-state index in [1.807, 2.05) is 13.8 Å². The van der Waals surface area contributed by atoms with Gasteiger partial charge in [0, 0.05) is 0 Å². The van der Waals surface area contributed by atoms with Gasteiger partial charge in [0.25, 0.3) is 0 Å². The minimum atomic E-state index is -2.92. The van der Waals surface area contributed by atoms with Crippen LogP contribution in [0.1, 0.15) is 25.5 Å². The van der Waals surface area contributed by atoms with Gasteiger partial charge in [0.05, 0.1) is 13.2 Å². The third-order valence-electron chi connectivity index (χ3n) is 2.38. The quantitative estimate of drug-likeness (QED) is 0.868. The second-order valence-electron chi connectivity index (χ2n) is 3.98. The van der Waals surface area contributed by atoms with Crippen LogP contribution in [-0.4, -0.2) is 18.8 Å². The predicted molar refractivity (Wildman–Crippen MR) is 59.4 cm³/mol. The summed E-state index contributed by atoms with van der Waals surface area (Å²) in [5, 5.41) is 9.84. The Morgan fingerprint density at radius 3 is 2.29 bits per heavy atom. The van der Waals surface area contributed by atoms with Crippen LogP contribution in [0.5, 0.6) is 11.5 Å². The summed E-state index contributed by atoms with van der Waals surface area (Å²) in [6.45, 7) is 0.751. The summed E-state index contributed by atoms with van der Waals surface area (Å²) in [6, 6.07) is 4.50. The van der Waals surface area contributed by atoms with E-state index < -0.39 is 12.7 Å². The van der Waals surface area contributed by atoms with Gasteiger partial charge in [-0.05, 0) is 23.6 Å². The van der Waals surface area contributed by atoms with Gasteiger partial charge in [0.2, 0.25) is 0 Å². The van der Waals surface area contributed by atoms with Gasteiger partial charge in [-0.3, -0.25) is 0 Å². The number of benzene rings is 1. The molecule has 17 heavy (non-hydrogen) atoms. The number of ether oxygens (including phenoxy) is 2. The third kappa shape index (κ3) is 3.56. The van der Waals surface area contributed by atoms with Crippen LogP contribution in [0.15, 0.2) is 18.2 Å². The number of hydrogen-bond donors (Lipinski definition) is 1. The van der Waals surface area contributed by atoms with Crippen LogP contribution in [0, 0.1) is 5.92 Å². The molecular weight excluding hydrogens is 230 g/mol. The Morgan fingerprint density at radius 2 is 1.82 bits per heavy atom. The molecule has 0 fully saturated rings. The van der Waals surface area contributed by atoms with Crippen LogP contribution in [0.2, 0.25) is 0 Å². The Bertz CT molecular complexity index is 367. The SMILES string of the molecule is COc1ccc(C(O)C(C)C)cc1OC(F)F. The highest BCUT2D eigenvalue weighted by Crippen LogP contribution is 2.33. The zero-order valence-electron chi connectivity index (χ0n) is 9.98. The van der Waals surface area contributed by atoms with Crippen molar-refractivity contribution in [2.45, 2.75) is 26.6 Å². The maximum Gasteiger partial charge on any atom is 0.387 e. The monoisotopic (exact) mass is 246 g/mol. The Kier molecular flexibility index (Phi) is 4.69. The van der Waals surface area contributed by atoms with Gasteiger partial charge < -0.3 is 14.6 Å². The van der Waals surface area contributed by atoms with Gasteiger partial charge in [-0.1, -0.05) is 19.9 Å². The molecule has 0 bridgehead atoms. The largest absolute Gasteiger partial charge is 0.493 e. The van der Waals surface area contributed by atoms with Crippen molar-refractivity contribution in [1.82, 2.24) is 0 Å². The number of methoxy groups -OCH3 is 1. The molecule has 0 saturated heterocycles. The van der Waals surface area contributed by atoms with Crippen molar-refractivity contribution in [2.24, 2.45) is 5.92 Å². The van der Waals surface area contributed by atoms with Crippen molar-refractivity contribution in [1.29, 1.82) is 0 Å². The first-order valence-corrected chi connectivity index (χ1v) is 5.26. The first-order chi connectivity index (χ1) is 7.95. The molecule has 0 heterocycles. The first kappa shape index (κ1) is 13.7. The highest BCUT2D eigenvalue weighted by molar-refractivity contribution is 5.43. The maximum absolute atomic E-state index is 12.2. The lowest BCUT2D eigenvalue weighted by molar-refractivity contribution is -0.0513. The van der Waals surface area contributed by atoms with Gasteiger partial charge in [-0.15, -0.1) is 0 Å². The van der Waals surface area contributed by atoms with E-state index in [0.717, 1.165) is 0 Å². The number of aliphatic hydroxyl groups is 1. The smallest absolute Gasteiger partial charge is 0.387 e. The van der Waals surface area contributed by atoms with Gasteiger partial charge in [-0.25, -0.2) is 0 Å². The zero-order valence-corrected chi connectivity index (χ0v) is 9.98. The standard InChI is InChI=1S/C12H16F2O3/c1-7(2)11(15)8-4-5-9(16-3)10(6-8)17-12(13)14/h4-7,11-12,15H,1-3H3. The molecule has 0 aromatic heterocycles. The van der Waals surface area contributed by atoms with Crippen molar-refractivity contribution < 1.29 is 23.4 Å². The molecule has 1 atom stereocenters. The summed E-state index contributed by atoms with van der Waals surface area (Å²) in [4.78, 5) is 0. The zero-order chi connectivity index (χ0) is 13.0. The van der Waals surface area contributed by atoms with E-state index >= 15 is 0 Å². The molecule has 96 valence electrons. The average molecular weight is 246 g/mol. The van der Waals surface area contributed by atoms with E-state index in [9.17, 15) is 13.9 Å². The van der Waals surface area contributed by atoms with Gasteiger partial charge in [0.15, 0.2) is 11.5 Å². The molecule has 0 amide bonds. The summed E-state index contributed by atoms with van der Waals surface area (Å²) >= 11 is 0. The molecule has 1 aromatic carbocycles. The van der Waals surface area contributed by atoms with Crippen LogP contribution < -0.4 is 9.47 Å². The molecule has 0 aliphatic rings. The summed E-state index contributed by atoms with van der Waals surface area (Å²) < 4.78 is 33.6. The summed E-state index contributed by atoms with van der Waals surface area (Å²) in [5.74, 6) is 0.132. The van der Waals surface area contributed by atoms with Gasteiger partial charge in [-0.2, -0.15) is 8.78 Å². The maximum atomic E-state index is 12.2. The molecule has 1 N–H and O–H groups in total. The van der Waals surface area contributed by atoms with Crippen molar-refractivity contribution >= 4 is 0 Å². The lowest BCUT2D eigenvalue weighted by atomic mass is 9.99. The van der Waals surface area contributed by atoms with Gasteiger partial charge >= 0.3 is 6.61 Å². The molecule has 0 aliphatic heterocycles. The molecule has 1 rings (SSSR count). The van der Waals surface area contributed by atoms with E-state index in [2.05, 4.69) is 4.74 Å². The number of aliphatic hydroxyl groups excluding tert-OH is 1. The molecule has 0 saturated carbocycles. The Morgan fingerprint density at radius 1 is 1.18 bits per heavy atom. The fourth-order valence-corrected chi connectivity index (χ4v) is 1.45. The first-order valence-electron chi connectivity index (χ1n) is 5.26. The van der Waals surface area contributed by atoms with Crippen LogP contribution in [0.3, 0.4) is 0 Å². The molecule has 1 unspecified atom stereocenters. The van der Waals surface area contributed by atoms with E-state index in [0.29, 0.717) is 5.56 Å². The number of hydrogen-bond acceptors (Lipinski definition) is 3. The Balaban J connectivity index is 3.03. The van der Waals surface area contributed by atoms with E-state index in [1.54, 1.807) is 6.07 Å². The summed E-state index contributed by atoms with van der Waals surface area (Å²) in [7, 11) is 1.37. The summed E-state index contributed by atoms with van der Waals surface area (Å²) in [6.07, 6.45) is -0.721. The highest BCUT2D eigenvalue weighted by atomic mass is 19.3. The topological polar surface area (TPSA) is 38.7 Å². The van der Waals surface area contributed by atoms with Crippen LogP contribution >= 0.6 is 0 Å². The number of rotatable bonds is 5. The fourth-order valence-electron chi connectivity index (χ4n) is 1.45. The number of halogens is 2. The van der Waals surface area contributed by atoms with Crippen LogP contribution in [0.25, 0.3) is 0 Å². The minimum absolute atomic E-state index is 0.0113. The molecule has 0 aliphatic carbocycles. The van der Waals surface area contributed by atoms with Crippen molar-refractivity contribution in [3.05, 3.63) is 23.8 Å². The van der Waals surface area contributed by atoms with E-state index in [4.69, 9.17) is 4.74 Å². The van der Waals surface area contributed by atoms with Crippen LogP contribution in [0.4, 0.5) is 8.78 Å². The lowest BCUT2D eigenvalue weighted by Crippen LogP contribution is -2.08.